The van der Waals surface area contributed by atoms with E-state index >= 15 is 0 Å². The second-order valence-corrected chi connectivity index (χ2v) is 5.18. The molecule has 6 nitrogen and oxygen atoms in total. The number of carbonyl (C=O) groups is 1. The highest BCUT2D eigenvalue weighted by Crippen LogP contribution is 2.21. The molecule has 0 bridgehead atoms. The predicted octanol–water partition coefficient (Wildman–Crippen LogP) is 2.27. The van der Waals surface area contributed by atoms with Gasteiger partial charge in [0.1, 0.15) is 12.1 Å². The zero-order chi connectivity index (χ0) is 13.7. The number of nitrogens with zero attached hydrogens (tertiary/aromatic N) is 3. The fourth-order valence-corrected chi connectivity index (χ4v) is 2.37. The fourth-order valence-electron chi connectivity index (χ4n) is 2.03. The lowest BCUT2D eigenvalue weighted by Crippen LogP contribution is -2.42. The Morgan fingerprint density at radius 3 is 2.95 bits per heavy atom. The molecule has 0 aliphatic carbocycles. The highest BCUT2D eigenvalue weighted by Gasteiger charge is 2.23. The van der Waals surface area contributed by atoms with E-state index in [4.69, 9.17) is 4.74 Å². The van der Waals surface area contributed by atoms with E-state index in [1.165, 1.54) is 6.33 Å². The number of anilines is 1. The molecule has 1 N–H and O–H groups in total. The van der Waals surface area contributed by atoms with Crippen LogP contribution < -0.4 is 5.32 Å². The van der Waals surface area contributed by atoms with E-state index in [-0.39, 0.29) is 6.09 Å². The van der Waals surface area contributed by atoms with Gasteiger partial charge in [0.25, 0.3) is 0 Å². The molecular formula is C12H17BrN4O2. The summed E-state index contributed by atoms with van der Waals surface area (Å²) in [4.78, 5) is 21.4. The zero-order valence-corrected chi connectivity index (χ0v) is 12.4. The van der Waals surface area contributed by atoms with E-state index in [0.717, 1.165) is 23.1 Å². The van der Waals surface area contributed by atoms with Crippen LogP contribution in [0.3, 0.4) is 0 Å². The Morgan fingerprint density at radius 1 is 1.58 bits per heavy atom. The first-order chi connectivity index (χ1) is 9.20. The lowest BCUT2D eigenvalue weighted by atomic mass is 10.1. The van der Waals surface area contributed by atoms with E-state index in [9.17, 15) is 4.79 Å². The second kappa shape index (κ2) is 6.70. The number of rotatable bonds is 3. The first-order valence-electron chi connectivity index (χ1n) is 6.34. The van der Waals surface area contributed by atoms with Gasteiger partial charge < -0.3 is 15.0 Å². The van der Waals surface area contributed by atoms with Gasteiger partial charge in [0.05, 0.1) is 11.1 Å². The summed E-state index contributed by atoms with van der Waals surface area (Å²) in [6.07, 6.45) is 4.78. The molecule has 1 fully saturated rings. The maximum absolute atomic E-state index is 11.6. The minimum absolute atomic E-state index is 0.218. The Labute approximate surface area is 120 Å². The second-order valence-electron chi connectivity index (χ2n) is 4.32. The van der Waals surface area contributed by atoms with Gasteiger partial charge in [-0.1, -0.05) is 0 Å². The van der Waals surface area contributed by atoms with Crippen molar-refractivity contribution in [3.05, 3.63) is 17.0 Å². The summed E-state index contributed by atoms with van der Waals surface area (Å²) >= 11 is 3.41. The van der Waals surface area contributed by atoms with Crippen LogP contribution >= 0.6 is 15.9 Å². The van der Waals surface area contributed by atoms with Gasteiger partial charge in [-0.25, -0.2) is 14.8 Å². The molecule has 1 aromatic rings. The normalized spacial score (nSPS) is 16.2. The fraction of sp³-hybridized carbons (Fsp3) is 0.583. The zero-order valence-electron chi connectivity index (χ0n) is 10.8. The van der Waals surface area contributed by atoms with Crippen molar-refractivity contribution in [3.8, 4) is 0 Å². The molecule has 1 aliphatic rings. The number of hydrogen-bond acceptors (Lipinski definition) is 5. The SMILES string of the molecule is CCOC(=O)N1CCC(Nc2ncncc2Br)CC1. The van der Waals surface area contributed by atoms with Crippen molar-refractivity contribution in [2.75, 3.05) is 25.0 Å². The first-order valence-corrected chi connectivity index (χ1v) is 7.13. The summed E-state index contributed by atoms with van der Waals surface area (Å²) in [5.41, 5.74) is 0. The smallest absolute Gasteiger partial charge is 0.409 e. The van der Waals surface area contributed by atoms with E-state index in [1.54, 1.807) is 11.1 Å². The van der Waals surface area contributed by atoms with Crippen LogP contribution in [0.2, 0.25) is 0 Å². The Balaban J connectivity index is 1.84. The van der Waals surface area contributed by atoms with Crippen molar-refractivity contribution < 1.29 is 9.53 Å². The number of halogens is 1. The predicted molar refractivity (Wildman–Crippen MR) is 75.0 cm³/mol. The van der Waals surface area contributed by atoms with Crippen LogP contribution in [-0.2, 0) is 4.74 Å². The molecule has 0 spiro atoms. The molecule has 2 heterocycles. The molecule has 0 aromatic carbocycles. The Morgan fingerprint density at radius 2 is 2.32 bits per heavy atom. The van der Waals surface area contributed by atoms with Crippen LogP contribution in [0.25, 0.3) is 0 Å². The van der Waals surface area contributed by atoms with E-state index < -0.39 is 0 Å². The molecule has 104 valence electrons. The van der Waals surface area contributed by atoms with Crippen molar-refractivity contribution in [2.24, 2.45) is 0 Å². The maximum atomic E-state index is 11.6. The molecule has 1 aliphatic heterocycles. The highest BCUT2D eigenvalue weighted by atomic mass is 79.9. The molecule has 1 saturated heterocycles. The minimum atomic E-state index is -0.218. The van der Waals surface area contributed by atoms with Gasteiger partial charge in [0, 0.05) is 25.3 Å². The van der Waals surface area contributed by atoms with Crippen LogP contribution in [0.15, 0.2) is 17.0 Å². The molecule has 0 radical (unpaired) electrons. The summed E-state index contributed by atoms with van der Waals surface area (Å²) in [6, 6.07) is 0.317. The molecule has 0 unspecified atom stereocenters. The van der Waals surface area contributed by atoms with Crippen molar-refractivity contribution in [3.63, 3.8) is 0 Å². The number of aromatic nitrogens is 2. The minimum Gasteiger partial charge on any atom is -0.450 e. The number of ether oxygens (including phenoxy) is 1. The van der Waals surface area contributed by atoms with Gasteiger partial charge in [0.2, 0.25) is 0 Å². The molecule has 0 saturated carbocycles. The molecule has 7 heteroatoms. The average Bonchev–Trinajstić information content (AvgIpc) is 2.42. The number of likely N-dealkylation sites (tertiary alicyclic amines) is 1. The van der Waals surface area contributed by atoms with Gasteiger partial charge in [0.15, 0.2) is 0 Å². The van der Waals surface area contributed by atoms with Crippen molar-refractivity contribution in [1.29, 1.82) is 0 Å². The summed E-state index contributed by atoms with van der Waals surface area (Å²) in [7, 11) is 0. The lowest BCUT2D eigenvalue weighted by molar-refractivity contribution is 0.0983. The third-order valence-electron chi connectivity index (χ3n) is 3.03. The van der Waals surface area contributed by atoms with E-state index in [0.29, 0.717) is 25.7 Å². The maximum Gasteiger partial charge on any atom is 0.409 e. The highest BCUT2D eigenvalue weighted by molar-refractivity contribution is 9.10. The van der Waals surface area contributed by atoms with Gasteiger partial charge in [-0.15, -0.1) is 0 Å². The monoisotopic (exact) mass is 328 g/mol. The largest absolute Gasteiger partial charge is 0.450 e. The Hall–Kier alpha value is -1.37. The van der Waals surface area contributed by atoms with Gasteiger partial charge >= 0.3 is 6.09 Å². The van der Waals surface area contributed by atoms with Crippen LogP contribution in [0.5, 0.6) is 0 Å². The van der Waals surface area contributed by atoms with Crippen molar-refractivity contribution >= 4 is 27.8 Å². The lowest BCUT2D eigenvalue weighted by Gasteiger charge is -2.31. The number of piperidine rings is 1. The van der Waals surface area contributed by atoms with E-state index in [2.05, 4.69) is 31.2 Å². The topological polar surface area (TPSA) is 67.3 Å². The molecule has 0 atom stereocenters. The summed E-state index contributed by atoms with van der Waals surface area (Å²) in [5.74, 6) is 0.796. The quantitative estimate of drug-likeness (QED) is 0.921. The number of amides is 1. The average molecular weight is 329 g/mol. The van der Waals surface area contributed by atoms with Crippen molar-refractivity contribution in [2.45, 2.75) is 25.8 Å². The van der Waals surface area contributed by atoms with E-state index in [1.807, 2.05) is 6.92 Å². The number of hydrogen-bond donors (Lipinski definition) is 1. The Bertz CT molecular complexity index is 435. The molecule has 19 heavy (non-hydrogen) atoms. The van der Waals surface area contributed by atoms with Gasteiger partial charge in [-0.3, -0.25) is 0 Å². The van der Waals surface area contributed by atoms with Crippen LogP contribution in [-0.4, -0.2) is 46.7 Å². The summed E-state index contributed by atoms with van der Waals surface area (Å²) < 4.78 is 5.84. The van der Waals surface area contributed by atoms with Gasteiger partial charge in [-0.05, 0) is 35.7 Å². The van der Waals surface area contributed by atoms with Crippen LogP contribution in [0, 0.1) is 0 Å². The third-order valence-corrected chi connectivity index (χ3v) is 3.61. The van der Waals surface area contributed by atoms with Crippen LogP contribution in [0.4, 0.5) is 10.6 Å². The molecule has 1 aromatic heterocycles. The van der Waals surface area contributed by atoms with Gasteiger partial charge in [-0.2, -0.15) is 0 Å². The molecule has 1 amide bonds. The Kier molecular flexibility index (Phi) is 4.95. The molecule has 2 rings (SSSR count). The summed E-state index contributed by atoms with van der Waals surface area (Å²) in [6.45, 7) is 3.65. The standard InChI is InChI=1S/C12H17BrN4O2/c1-2-19-12(18)17-5-3-9(4-6-17)16-11-10(13)7-14-8-15-11/h7-9H,2-6H2,1H3,(H,14,15,16). The number of carbonyl (C=O) groups excluding carboxylic acids is 1. The number of nitrogens with one attached hydrogen (secondary N) is 1. The van der Waals surface area contributed by atoms with Crippen LogP contribution in [0.1, 0.15) is 19.8 Å². The first kappa shape index (κ1) is 14.0. The third kappa shape index (κ3) is 3.79. The summed E-state index contributed by atoms with van der Waals surface area (Å²) in [5, 5.41) is 3.36. The molecular weight excluding hydrogens is 312 g/mol. The van der Waals surface area contributed by atoms with Crippen molar-refractivity contribution in [1.82, 2.24) is 14.9 Å².